The smallest absolute Gasteiger partial charge is 0.355 e. The van der Waals surface area contributed by atoms with Gasteiger partial charge < -0.3 is 9.84 Å². The summed E-state index contributed by atoms with van der Waals surface area (Å²) in [4.78, 5) is 19.8. The summed E-state index contributed by atoms with van der Waals surface area (Å²) in [5, 5.41) is 11.4. The van der Waals surface area contributed by atoms with E-state index in [-0.39, 0.29) is 21.8 Å². The van der Waals surface area contributed by atoms with Crippen LogP contribution in [-0.2, 0) is 10.0 Å². The number of nitrogens with one attached hydrogen (secondary N) is 1. The first kappa shape index (κ1) is 25.0. The monoisotopic (exact) mass is 543 g/mol. The van der Waals surface area contributed by atoms with Gasteiger partial charge in [0.05, 0.1) is 29.4 Å². The van der Waals surface area contributed by atoms with E-state index in [4.69, 9.17) is 16.3 Å². The van der Waals surface area contributed by atoms with E-state index < -0.39 is 16.0 Å². The number of fused-ring (bicyclic) bond motifs is 2. The van der Waals surface area contributed by atoms with Crippen LogP contribution in [0.1, 0.15) is 21.6 Å². The van der Waals surface area contributed by atoms with Gasteiger partial charge in [0.1, 0.15) is 10.6 Å². The maximum Gasteiger partial charge on any atom is 0.355 e. The van der Waals surface area contributed by atoms with Crippen molar-refractivity contribution in [2.24, 2.45) is 0 Å². The maximum absolute atomic E-state index is 13.5. The molecule has 0 saturated carbocycles. The maximum atomic E-state index is 13.5. The molecule has 8 nitrogen and oxygen atoms in total. The number of anilines is 1. The normalized spacial score (nSPS) is 11.1. The molecule has 2 heterocycles. The number of carboxylic acid groups (broad SMARTS) is 1. The van der Waals surface area contributed by atoms with Gasteiger partial charge in [-0.1, -0.05) is 47.7 Å². The molecule has 0 aliphatic rings. The molecule has 0 aliphatic carbocycles. The molecule has 0 aliphatic heterocycles. The molecule has 188 valence electrons. The summed E-state index contributed by atoms with van der Waals surface area (Å²) in [6.45, 7) is 0. The van der Waals surface area contributed by atoms with Crippen molar-refractivity contribution in [2.75, 3.05) is 11.8 Å². The molecule has 5 rings (SSSR count). The number of sulfonamides is 1. The van der Waals surface area contributed by atoms with E-state index in [1.165, 1.54) is 37.7 Å². The first-order chi connectivity index (χ1) is 18.3. The zero-order valence-electron chi connectivity index (χ0n) is 19.8. The molecule has 10 heteroatoms. The Morgan fingerprint density at radius 3 is 2.45 bits per heavy atom. The second kappa shape index (κ2) is 10.0. The lowest BCUT2D eigenvalue weighted by Gasteiger charge is -2.13. The van der Waals surface area contributed by atoms with E-state index in [0.717, 1.165) is 0 Å². The largest absolute Gasteiger partial charge is 0.496 e. The molecular formula is C28H18ClN3O5S. The molecule has 0 saturated heterocycles. The van der Waals surface area contributed by atoms with Gasteiger partial charge in [-0.25, -0.2) is 18.2 Å². The van der Waals surface area contributed by atoms with Gasteiger partial charge in [-0.3, -0.25) is 9.71 Å². The quantitative estimate of drug-likeness (QED) is 0.287. The van der Waals surface area contributed by atoms with Crippen LogP contribution in [0.25, 0.3) is 21.7 Å². The molecule has 0 fully saturated rings. The molecule has 0 radical (unpaired) electrons. The van der Waals surface area contributed by atoms with Gasteiger partial charge in [0.15, 0.2) is 5.69 Å². The molecule has 5 aromatic rings. The molecule has 0 spiro atoms. The number of benzene rings is 3. The van der Waals surface area contributed by atoms with Crippen LogP contribution in [0.3, 0.4) is 0 Å². The summed E-state index contributed by atoms with van der Waals surface area (Å²) in [5.41, 5.74) is 1.18. The fraction of sp³-hybridized carbons (Fsp3) is 0.0357. The minimum absolute atomic E-state index is 0.0257. The van der Waals surface area contributed by atoms with Gasteiger partial charge in [-0.05, 0) is 42.5 Å². The van der Waals surface area contributed by atoms with Crippen molar-refractivity contribution < 1.29 is 23.1 Å². The number of ether oxygens (including phenoxy) is 1. The Bertz CT molecular complexity index is 1910. The fourth-order valence-electron chi connectivity index (χ4n) is 4.02. The number of hydrogen-bond donors (Lipinski definition) is 2. The third kappa shape index (κ3) is 4.70. The van der Waals surface area contributed by atoms with E-state index in [0.29, 0.717) is 38.1 Å². The average Bonchev–Trinajstić information content (AvgIpc) is 2.92. The Kier molecular flexibility index (Phi) is 6.59. The minimum atomic E-state index is -4.09. The number of methoxy groups -OCH3 is 1. The molecule has 38 heavy (non-hydrogen) atoms. The molecule has 0 bridgehead atoms. The molecule has 0 atom stereocenters. The summed E-state index contributed by atoms with van der Waals surface area (Å²) in [6.07, 6.45) is 2.89. The van der Waals surface area contributed by atoms with Crippen LogP contribution in [0.4, 0.5) is 5.69 Å². The van der Waals surface area contributed by atoms with Crippen LogP contribution >= 0.6 is 11.6 Å². The van der Waals surface area contributed by atoms with Gasteiger partial charge in [-0.15, -0.1) is 0 Å². The van der Waals surface area contributed by atoms with Crippen molar-refractivity contribution in [1.82, 2.24) is 9.97 Å². The van der Waals surface area contributed by atoms with Crippen molar-refractivity contribution >= 4 is 55.0 Å². The van der Waals surface area contributed by atoms with Crippen molar-refractivity contribution in [3.8, 4) is 17.6 Å². The van der Waals surface area contributed by atoms with Crippen LogP contribution in [0.15, 0.2) is 84.0 Å². The van der Waals surface area contributed by atoms with Crippen LogP contribution in [0.5, 0.6) is 5.75 Å². The molecule has 2 N–H and O–H groups in total. The molecular weight excluding hydrogens is 526 g/mol. The summed E-state index contributed by atoms with van der Waals surface area (Å²) in [6, 6.07) is 17.9. The molecule has 0 unspecified atom stereocenters. The Morgan fingerprint density at radius 1 is 0.947 bits per heavy atom. The predicted octanol–water partition coefficient (Wildman–Crippen LogP) is 5.34. The van der Waals surface area contributed by atoms with E-state index in [9.17, 15) is 18.3 Å². The number of pyridine rings is 2. The van der Waals surface area contributed by atoms with Gasteiger partial charge in [0.2, 0.25) is 0 Å². The Hall–Kier alpha value is -4.65. The number of hydrogen-bond acceptors (Lipinski definition) is 6. The van der Waals surface area contributed by atoms with Crippen molar-refractivity contribution in [3.63, 3.8) is 0 Å². The summed E-state index contributed by atoms with van der Waals surface area (Å²) in [7, 11) is -2.59. The second-order valence-electron chi connectivity index (χ2n) is 8.08. The van der Waals surface area contributed by atoms with E-state index in [1.807, 2.05) is 0 Å². The highest BCUT2D eigenvalue weighted by Crippen LogP contribution is 2.31. The zero-order valence-corrected chi connectivity index (χ0v) is 21.3. The van der Waals surface area contributed by atoms with Gasteiger partial charge in [0.25, 0.3) is 10.0 Å². The SMILES string of the molecule is COc1ccc(S(=O)(=O)Nc2ccc(Cl)cc2C#Cc2cnc(C(=O)O)c3ccccc23)c2ncccc12. The van der Waals surface area contributed by atoms with Gasteiger partial charge in [0, 0.05) is 33.6 Å². The number of aromatic nitrogens is 2. The van der Waals surface area contributed by atoms with Gasteiger partial charge >= 0.3 is 5.97 Å². The summed E-state index contributed by atoms with van der Waals surface area (Å²) < 4.78 is 34.9. The fourth-order valence-corrected chi connectivity index (χ4v) is 5.44. The topological polar surface area (TPSA) is 118 Å². The Morgan fingerprint density at radius 2 is 1.68 bits per heavy atom. The van der Waals surface area contributed by atoms with Crippen molar-refractivity contribution in [2.45, 2.75) is 4.90 Å². The number of nitrogens with zero attached hydrogens (tertiary/aromatic N) is 2. The third-order valence-electron chi connectivity index (χ3n) is 5.76. The Labute approximate surface area is 222 Å². The first-order valence-corrected chi connectivity index (χ1v) is 13.0. The number of carboxylic acids is 1. The summed E-state index contributed by atoms with van der Waals surface area (Å²) in [5.74, 6) is 5.29. The highest BCUT2D eigenvalue weighted by molar-refractivity contribution is 7.93. The molecule has 3 aromatic carbocycles. The summed E-state index contributed by atoms with van der Waals surface area (Å²) >= 11 is 6.20. The number of aromatic carboxylic acids is 1. The van der Waals surface area contributed by atoms with Crippen LogP contribution < -0.4 is 9.46 Å². The standard InChI is InChI=1S/C28H18ClN3O5S/c1-37-24-12-13-25(26-22(24)7-4-14-30-26)38(35,36)32-23-11-10-19(29)15-17(23)8-9-18-16-31-27(28(33)34)21-6-3-2-5-20(18)21/h2-7,10-16,32H,1H3,(H,33,34). The van der Waals surface area contributed by atoms with Crippen molar-refractivity contribution in [3.05, 3.63) is 101 Å². The highest BCUT2D eigenvalue weighted by atomic mass is 35.5. The van der Waals surface area contributed by atoms with Gasteiger partial charge in [-0.2, -0.15) is 0 Å². The average molecular weight is 544 g/mol. The number of carbonyl (C=O) groups is 1. The lowest BCUT2D eigenvalue weighted by atomic mass is 10.0. The Balaban J connectivity index is 1.58. The lowest BCUT2D eigenvalue weighted by Crippen LogP contribution is -2.15. The lowest BCUT2D eigenvalue weighted by molar-refractivity contribution is 0.0693. The van der Waals surface area contributed by atoms with Crippen LogP contribution in [-0.4, -0.2) is 36.6 Å². The molecule has 2 aromatic heterocycles. The number of rotatable bonds is 5. The second-order valence-corrected chi connectivity index (χ2v) is 10.2. The highest BCUT2D eigenvalue weighted by Gasteiger charge is 2.21. The minimum Gasteiger partial charge on any atom is -0.496 e. The van der Waals surface area contributed by atoms with Crippen LogP contribution in [0, 0.1) is 11.8 Å². The first-order valence-electron chi connectivity index (χ1n) is 11.2. The number of halogens is 1. The van der Waals surface area contributed by atoms with Crippen LogP contribution in [0.2, 0.25) is 5.02 Å². The zero-order chi connectivity index (χ0) is 26.9. The third-order valence-corrected chi connectivity index (χ3v) is 7.39. The van der Waals surface area contributed by atoms with E-state index in [1.54, 1.807) is 48.5 Å². The molecule has 0 amide bonds. The van der Waals surface area contributed by atoms with E-state index >= 15 is 0 Å². The van der Waals surface area contributed by atoms with E-state index in [2.05, 4.69) is 26.5 Å². The van der Waals surface area contributed by atoms with Crippen molar-refractivity contribution in [1.29, 1.82) is 0 Å². The predicted molar refractivity (Wildman–Crippen MR) is 145 cm³/mol.